The lowest BCUT2D eigenvalue weighted by Gasteiger charge is -2.19. The lowest BCUT2D eigenvalue weighted by molar-refractivity contribution is -0.138. The molecule has 0 aliphatic carbocycles. The van der Waals surface area contributed by atoms with Crippen molar-refractivity contribution in [3.05, 3.63) is 95.6 Å². The summed E-state index contributed by atoms with van der Waals surface area (Å²) in [4.78, 5) is 12.7. The normalized spacial score (nSPS) is 12.2. The first-order chi connectivity index (χ1) is 14.1. The predicted molar refractivity (Wildman–Crippen MR) is 105 cm³/mol. The van der Waals surface area contributed by atoms with Gasteiger partial charge in [-0.05, 0) is 42.8 Å². The van der Waals surface area contributed by atoms with Crippen molar-refractivity contribution in [2.45, 2.75) is 12.4 Å². The first kappa shape index (κ1) is 22.0. The second-order valence-corrected chi connectivity index (χ2v) is 8.67. The number of benzene rings is 3. The predicted octanol–water partition coefficient (Wildman–Crippen LogP) is 6.04. The Bertz CT molecular complexity index is 936. The van der Waals surface area contributed by atoms with E-state index < -0.39 is 31.4 Å². The van der Waals surface area contributed by atoms with Crippen LogP contribution in [0.2, 0.25) is 0 Å². The molecule has 0 aromatic heterocycles. The molecule has 1 nitrogen and oxygen atoms in total. The number of alkyl halides is 6. The molecule has 0 amide bonds. The fourth-order valence-corrected chi connectivity index (χ4v) is 5.00. The summed E-state index contributed by atoms with van der Waals surface area (Å²) in [7, 11) is -1.49. The van der Waals surface area contributed by atoms with Crippen LogP contribution in [0.15, 0.2) is 78.9 Å². The van der Waals surface area contributed by atoms with Gasteiger partial charge < -0.3 is 0 Å². The van der Waals surface area contributed by atoms with Crippen LogP contribution >= 0.6 is 7.92 Å². The summed E-state index contributed by atoms with van der Waals surface area (Å²) < 4.78 is 77.3. The van der Waals surface area contributed by atoms with Crippen molar-refractivity contribution in [2.75, 3.05) is 6.16 Å². The standard InChI is InChI=1S/C22H15F6OP/c23-21(24,25)16-6-10-18(11-7-16)30(14-20(29)15-4-2-1-3-5-15)19-12-8-17(9-13-19)22(26,27)28/h1-13H,14H2. The van der Waals surface area contributed by atoms with Gasteiger partial charge in [0.05, 0.1) is 11.1 Å². The number of rotatable bonds is 5. The number of ketones is 1. The largest absolute Gasteiger partial charge is 0.416 e. The molecule has 0 N–H and O–H groups in total. The highest BCUT2D eigenvalue weighted by molar-refractivity contribution is 7.73. The van der Waals surface area contributed by atoms with E-state index in [9.17, 15) is 31.1 Å². The van der Waals surface area contributed by atoms with E-state index in [4.69, 9.17) is 0 Å². The third kappa shape index (κ3) is 5.28. The van der Waals surface area contributed by atoms with Gasteiger partial charge in [0.15, 0.2) is 5.78 Å². The molecular formula is C22H15F6OP. The highest BCUT2D eigenvalue weighted by Gasteiger charge is 2.32. The minimum absolute atomic E-state index is 0.0317. The summed E-state index contributed by atoms with van der Waals surface area (Å²) in [6, 6.07) is 17.2. The number of hydrogen-bond acceptors (Lipinski definition) is 1. The van der Waals surface area contributed by atoms with Gasteiger partial charge in [-0.25, -0.2) is 0 Å². The first-order valence-corrected chi connectivity index (χ1v) is 10.3. The van der Waals surface area contributed by atoms with Crippen LogP contribution < -0.4 is 10.6 Å². The van der Waals surface area contributed by atoms with E-state index in [1.54, 1.807) is 30.3 Å². The number of carbonyl (C=O) groups is 1. The molecule has 0 atom stereocenters. The minimum Gasteiger partial charge on any atom is -0.294 e. The zero-order valence-corrected chi connectivity index (χ0v) is 16.2. The maximum atomic E-state index is 12.9. The summed E-state index contributed by atoms with van der Waals surface area (Å²) in [5.74, 6) is -0.235. The molecule has 0 fully saturated rings. The molecule has 3 aromatic carbocycles. The third-order valence-electron chi connectivity index (χ3n) is 4.41. The van der Waals surface area contributed by atoms with Crippen LogP contribution in [-0.2, 0) is 12.4 Å². The highest BCUT2D eigenvalue weighted by Crippen LogP contribution is 2.37. The van der Waals surface area contributed by atoms with Crippen LogP contribution in [0.4, 0.5) is 26.3 Å². The molecule has 30 heavy (non-hydrogen) atoms. The molecule has 0 aliphatic heterocycles. The molecule has 0 aliphatic rings. The quantitative estimate of drug-likeness (QED) is 0.269. The average Bonchev–Trinajstić information content (AvgIpc) is 2.71. The number of hydrogen-bond donors (Lipinski definition) is 0. The Morgan fingerprint density at radius 1 is 0.633 bits per heavy atom. The molecule has 0 spiro atoms. The number of carbonyl (C=O) groups excluding carboxylic acids is 1. The van der Waals surface area contributed by atoms with Gasteiger partial charge in [0.2, 0.25) is 0 Å². The van der Waals surface area contributed by atoms with Gasteiger partial charge in [0.1, 0.15) is 0 Å². The minimum atomic E-state index is -4.50. The second kappa shape index (κ2) is 8.60. The summed E-state index contributed by atoms with van der Waals surface area (Å²) in [6.45, 7) is 0. The Balaban J connectivity index is 1.97. The fourth-order valence-electron chi connectivity index (χ4n) is 2.85. The van der Waals surface area contributed by atoms with Gasteiger partial charge in [-0.2, -0.15) is 26.3 Å². The topological polar surface area (TPSA) is 17.1 Å². The maximum absolute atomic E-state index is 12.9. The van der Waals surface area contributed by atoms with E-state index in [1.165, 1.54) is 24.3 Å². The molecule has 0 radical (unpaired) electrons. The average molecular weight is 440 g/mol. The van der Waals surface area contributed by atoms with Crippen LogP contribution in [0, 0.1) is 0 Å². The van der Waals surface area contributed by atoms with Gasteiger partial charge in [0, 0.05) is 11.7 Å². The summed E-state index contributed by atoms with van der Waals surface area (Å²) >= 11 is 0. The molecule has 0 saturated heterocycles. The summed E-state index contributed by atoms with van der Waals surface area (Å²) in [6.07, 6.45) is -9.04. The van der Waals surface area contributed by atoms with E-state index in [-0.39, 0.29) is 11.9 Å². The monoisotopic (exact) mass is 440 g/mol. The van der Waals surface area contributed by atoms with Crippen LogP contribution in [0.3, 0.4) is 0 Å². The van der Waals surface area contributed by atoms with E-state index >= 15 is 0 Å². The Hall–Kier alpha value is -2.66. The molecular weight excluding hydrogens is 425 g/mol. The summed E-state index contributed by atoms with van der Waals surface area (Å²) in [5, 5.41) is 0.948. The Morgan fingerprint density at radius 3 is 1.40 bits per heavy atom. The van der Waals surface area contributed by atoms with E-state index in [2.05, 4.69) is 0 Å². The molecule has 156 valence electrons. The third-order valence-corrected chi connectivity index (χ3v) is 6.86. The highest BCUT2D eigenvalue weighted by atomic mass is 31.1. The second-order valence-electron chi connectivity index (χ2n) is 6.46. The van der Waals surface area contributed by atoms with Crippen molar-refractivity contribution in [1.82, 2.24) is 0 Å². The van der Waals surface area contributed by atoms with Crippen LogP contribution in [0.5, 0.6) is 0 Å². The van der Waals surface area contributed by atoms with Crippen molar-refractivity contribution in [3.8, 4) is 0 Å². The fraction of sp³-hybridized carbons (Fsp3) is 0.136. The zero-order valence-electron chi connectivity index (χ0n) is 15.3. The van der Waals surface area contributed by atoms with Gasteiger partial charge in [-0.3, -0.25) is 4.79 Å². The lowest BCUT2D eigenvalue weighted by Crippen LogP contribution is -2.20. The molecule has 0 saturated carbocycles. The van der Waals surface area contributed by atoms with E-state index in [0.717, 1.165) is 24.3 Å². The van der Waals surface area contributed by atoms with Crippen molar-refractivity contribution in [1.29, 1.82) is 0 Å². The van der Waals surface area contributed by atoms with Crippen molar-refractivity contribution in [3.63, 3.8) is 0 Å². The molecule has 8 heteroatoms. The smallest absolute Gasteiger partial charge is 0.294 e. The molecule has 0 unspecified atom stereocenters. The van der Waals surface area contributed by atoms with E-state index in [1.807, 2.05) is 0 Å². The Morgan fingerprint density at radius 2 is 1.03 bits per heavy atom. The van der Waals surface area contributed by atoms with Crippen molar-refractivity contribution >= 4 is 24.3 Å². The Kier molecular flexibility index (Phi) is 6.32. The van der Waals surface area contributed by atoms with Crippen LogP contribution in [-0.4, -0.2) is 11.9 Å². The molecule has 3 aromatic rings. The lowest BCUT2D eigenvalue weighted by atomic mass is 10.2. The van der Waals surface area contributed by atoms with E-state index in [0.29, 0.717) is 16.2 Å². The Labute approximate surface area is 170 Å². The summed E-state index contributed by atoms with van der Waals surface area (Å²) in [5.41, 5.74) is -1.23. The van der Waals surface area contributed by atoms with Gasteiger partial charge in [-0.1, -0.05) is 54.6 Å². The zero-order chi connectivity index (χ0) is 21.9. The maximum Gasteiger partial charge on any atom is 0.416 e. The van der Waals surface area contributed by atoms with Gasteiger partial charge >= 0.3 is 12.4 Å². The van der Waals surface area contributed by atoms with Gasteiger partial charge in [-0.15, -0.1) is 0 Å². The first-order valence-electron chi connectivity index (χ1n) is 8.76. The van der Waals surface area contributed by atoms with Crippen LogP contribution in [0.1, 0.15) is 21.5 Å². The number of halogens is 6. The van der Waals surface area contributed by atoms with Crippen LogP contribution in [0.25, 0.3) is 0 Å². The molecule has 0 heterocycles. The number of Topliss-reactive ketones (excluding diaryl/α,β-unsaturated/α-hetero) is 1. The molecule has 0 bridgehead atoms. The van der Waals surface area contributed by atoms with Crippen molar-refractivity contribution in [2.24, 2.45) is 0 Å². The van der Waals surface area contributed by atoms with Gasteiger partial charge in [0.25, 0.3) is 0 Å². The molecule has 3 rings (SSSR count). The van der Waals surface area contributed by atoms with Crippen molar-refractivity contribution < 1.29 is 31.1 Å². The SMILES string of the molecule is O=C(CP(c1ccc(C(F)(F)F)cc1)c1ccc(C(F)(F)F)cc1)c1ccccc1.